The number of rotatable bonds is 4. The lowest BCUT2D eigenvalue weighted by Gasteiger charge is -2.17. The molecule has 2 aromatic carbocycles. The largest absolute Gasteiger partial charge is 0.370 e. The molecule has 0 atom stereocenters. The van der Waals surface area contributed by atoms with E-state index in [-0.39, 0.29) is 5.75 Å². The zero-order valence-electron chi connectivity index (χ0n) is 15.2. The van der Waals surface area contributed by atoms with Gasteiger partial charge < -0.3 is 11.1 Å². The highest BCUT2D eigenvalue weighted by atomic mass is 32.2. The van der Waals surface area contributed by atoms with Crippen molar-refractivity contribution in [3.8, 4) is 0 Å². The molecule has 1 fully saturated rings. The molecule has 142 valence electrons. The van der Waals surface area contributed by atoms with Crippen molar-refractivity contribution in [1.82, 2.24) is 0 Å². The van der Waals surface area contributed by atoms with Gasteiger partial charge in [-0.15, -0.1) is 0 Å². The van der Waals surface area contributed by atoms with Gasteiger partial charge in [0.05, 0.1) is 18.0 Å². The lowest BCUT2D eigenvalue weighted by atomic mass is 10.1. The van der Waals surface area contributed by atoms with E-state index in [1.54, 1.807) is 0 Å². The third-order valence-electron chi connectivity index (χ3n) is 5.10. The Morgan fingerprint density at radius 3 is 2.78 bits per heavy atom. The number of hydrogen-bond acceptors (Lipinski definition) is 3. The Morgan fingerprint density at radius 1 is 1.11 bits per heavy atom. The van der Waals surface area contributed by atoms with Crippen LogP contribution in [0, 0.1) is 0 Å². The van der Waals surface area contributed by atoms with Gasteiger partial charge in [-0.05, 0) is 66.6 Å². The van der Waals surface area contributed by atoms with Crippen molar-refractivity contribution in [2.75, 3.05) is 21.9 Å². The highest BCUT2D eigenvalue weighted by Crippen LogP contribution is 2.26. The number of guanidine groups is 1. The summed E-state index contributed by atoms with van der Waals surface area (Å²) >= 11 is 0. The quantitative estimate of drug-likeness (QED) is 0.627. The molecule has 1 aliphatic carbocycles. The number of nitrogens with zero attached hydrogens (tertiary/aromatic N) is 2. The van der Waals surface area contributed by atoms with Gasteiger partial charge in [0, 0.05) is 12.2 Å². The SMILES string of the molecule is NC(=NCc1cccc(N2CCCS2(=O)=O)c1)Nc1ccc2c(c1)CCC2. The number of nitrogens with two attached hydrogens (primary N) is 1. The van der Waals surface area contributed by atoms with E-state index in [9.17, 15) is 8.42 Å². The summed E-state index contributed by atoms with van der Waals surface area (Å²) in [6.45, 7) is 0.933. The molecule has 2 aromatic rings. The fourth-order valence-electron chi connectivity index (χ4n) is 3.75. The molecule has 7 heteroatoms. The van der Waals surface area contributed by atoms with Crippen LogP contribution >= 0.6 is 0 Å². The number of aliphatic imine (C=N–C) groups is 1. The number of anilines is 2. The van der Waals surface area contributed by atoms with Gasteiger partial charge in [-0.1, -0.05) is 18.2 Å². The first-order valence-corrected chi connectivity index (χ1v) is 10.9. The number of aryl methyl sites for hydroxylation is 2. The molecule has 0 unspecified atom stereocenters. The molecule has 1 aliphatic heterocycles. The van der Waals surface area contributed by atoms with Crippen molar-refractivity contribution in [2.24, 2.45) is 10.7 Å². The summed E-state index contributed by atoms with van der Waals surface area (Å²) in [5.74, 6) is 0.569. The van der Waals surface area contributed by atoms with Crippen molar-refractivity contribution >= 4 is 27.4 Å². The van der Waals surface area contributed by atoms with E-state index in [2.05, 4.69) is 22.4 Å². The summed E-state index contributed by atoms with van der Waals surface area (Å²) in [6, 6.07) is 13.8. The molecule has 0 amide bonds. The molecule has 4 rings (SSSR count). The van der Waals surface area contributed by atoms with Crippen LogP contribution in [0.25, 0.3) is 0 Å². The maximum atomic E-state index is 12.1. The van der Waals surface area contributed by atoms with Gasteiger partial charge in [0.1, 0.15) is 0 Å². The summed E-state index contributed by atoms with van der Waals surface area (Å²) in [7, 11) is -3.17. The van der Waals surface area contributed by atoms with Crippen LogP contribution in [0.3, 0.4) is 0 Å². The molecule has 0 aromatic heterocycles. The first kappa shape index (κ1) is 17.9. The molecule has 1 heterocycles. The minimum Gasteiger partial charge on any atom is -0.370 e. The third kappa shape index (κ3) is 3.93. The van der Waals surface area contributed by atoms with Gasteiger partial charge in [-0.25, -0.2) is 13.4 Å². The summed E-state index contributed by atoms with van der Waals surface area (Å²) in [6.07, 6.45) is 4.16. The lowest BCUT2D eigenvalue weighted by Crippen LogP contribution is -2.25. The monoisotopic (exact) mass is 384 g/mol. The van der Waals surface area contributed by atoms with Gasteiger partial charge in [-0.3, -0.25) is 4.31 Å². The zero-order valence-corrected chi connectivity index (χ0v) is 16.0. The van der Waals surface area contributed by atoms with Gasteiger partial charge in [-0.2, -0.15) is 0 Å². The summed E-state index contributed by atoms with van der Waals surface area (Å²) in [5, 5.41) is 3.15. The topological polar surface area (TPSA) is 87.8 Å². The van der Waals surface area contributed by atoms with Crippen LogP contribution in [-0.4, -0.2) is 26.7 Å². The molecule has 6 nitrogen and oxygen atoms in total. The van der Waals surface area contributed by atoms with E-state index in [0.717, 1.165) is 24.1 Å². The van der Waals surface area contributed by atoms with Crippen molar-refractivity contribution in [3.63, 3.8) is 0 Å². The van der Waals surface area contributed by atoms with E-state index in [4.69, 9.17) is 5.73 Å². The number of sulfonamides is 1. The molecule has 0 radical (unpaired) electrons. The van der Waals surface area contributed by atoms with Gasteiger partial charge in [0.15, 0.2) is 5.96 Å². The molecule has 0 bridgehead atoms. The smallest absolute Gasteiger partial charge is 0.235 e. The Labute approximate surface area is 160 Å². The second-order valence-corrected chi connectivity index (χ2v) is 9.09. The Balaban J connectivity index is 1.44. The van der Waals surface area contributed by atoms with Crippen molar-refractivity contribution < 1.29 is 8.42 Å². The van der Waals surface area contributed by atoms with Gasteiger partial charge in [0.2, 0.25) is 10.0 Å². The maximum Gasteiger partial charge on any atom is 0.235 e. The maximum absolute atomic E-state index is 12.1. The Bertz CT molecular complexity index is 985. The molecular weight excluding hydrogens is 360 g/mol. The van der Waals surface area contributed by atoms with E-state index in [0.29, 0.717) is 31.2 Å². The molecule has 0 saturated carbocycles. The average Bonchev–Trinajstić information content (AvgIpc) is 3.25. The fourth-order valence-corrected chi connectivity index (χ4v) is 5.31. The van der Waals surface area contributed by atoms with Crippen LogP contribution in [0.2, 0.25) is 0 Å². The predicted molar refractivity (Wildman–Crippen MR) is 110 cm³/mol. The first-order valence-electron chi connectivity index (χ1n) is 9.29. The van der Waals surface area contributed by atoms with E-state index < -0.39 is 10.0 Å². The summed E-state index contributed by atoms with van der Waals surface area (Å²) in [5.41, 5.74) is 11.4. The molecule has 1 saturated heterocycles. The van der Waals surface area contributed by atoms with Crippen molar-refractivity contribution in [3.05, 3.63) is 59.2 Å². The lowest BCUT2D eigenvalue weighted by molar-refractivity contribution is 0.599. The summed E-state index contributed by atoms with van der Waals surface area (Å²) < 4.78 is 25.7. The minimum atomic E-state index is -3.17. The molecule has 27 heavy (non-hydrogen) atoms. The molecule has 0 spiro atoms. The predicted octanol–water partition coefficient (Wildman–Crippen LogP) is 2.64. The fraction of sp³-hybridized carbons (Fsp3) is 0.350. The van der Waals surface area contributed by atoms with Crippen LogP contribution in [0.4, 0.5) is 11.4 Å². The van der Waals surface area contributed by atoms with Crippen LogP contribution in [-0.2, 0) is 29.4 Å². The van der Waals surface area contributed by atoms with Crippen LogP contribution in [0.1, 0.15) is 29.5 Å². The van der Waals surface area contributed by atoms with Crippen molar-refractivity contribution in [1.29, 1.82) is 0 Å². The highest BCUT2D eigenvalue weighted by Gasteiger charge is 2.28. The Hall–Kier alpha value is -2.54. The molecular formula is C20H24N4O2S. The number of nitrogens with one attached hydrogen (secondary N) is 1. The third-order valence-corrected chi connectivity index (χ3v) is 6.97. The van der Waals surface area contributed by atoms with E-state index in [1.807, 2.05) is 30.3 Å². The Kier molecular flexibility index (Phi) is 4.78. The number of hydrogen-bond donors (Lipinski definition) is 2. The van der Waals surface area contributed by atoms with Crippen molar-refractivity contribution in [2.45, 2.75) is 32.2 Å². The van der Waals surface area contributed by atoms with E-state index >= 15 is 0 Å². The second-order valence-electron chi connectivity index (χ2n) is 7.08. The van der Waals surface area contributed by atoms with Gasteiger partial charge in [0.25, 0.3) is 0 Å². The Morgan fingerprint density at radius 2 is 1.96 bits per heavy atom. The normalized spacial score (nSPS) is 18.5. The van der Waals surface area contributed by atoms with Gasteiger partial charge >= 0.3 is 0 Å². The van der Waals surface area contributed by atoms with Crippen LogP contribution in [0.15, 0.2) is 47.5 Å². The zero-order chi connectivity index (χ0) is 18.9. The molecule has 3 N–H and O–H groups in total. The first-order chi connectivity index (χ1) is 13.0. The highest BCUT2D eigenvalue weighted by molar-refractivity contribution is 7.93. The second kappa shape index (κ2) is 7.23. The number of benzene rings is 2. The standard InChI is InChI=1S/C20H24N4O2S/c21-20(23-18-9-8-16-5-2-6-17(16)13-18)22-14-15-4-1-7-19(12-15)24-10-3-11-27(24,25)26/h1,4,7-9,12-13H,2-3,5-6,10-11,14H2,(H3,21,22,23). The average molecular weight is 385 g/mol. The van der Waals surface area contributed by atoms with Crippen LogP contribution in [0.5, 0.6) is 0 Å². The molecule has 2 aliphatic rings. The van der Waals surface area contributed by atoms with Crippen LogP contribution < -0.4 is 15.4 Å². The summed E-state index contributed by atoms with van der Waals surface area (Å²) in [4.78, 5) is 4.40. The van der Waals surface area contributed by atoms with E-state index in [1.165, 1.54) is 21.9 Å². The minimum absolute atomic E-state index is 0.215. The number of fused-ring (bicyclic) bond motifs is 1.